The maximum atomic E-state index is 12.1. The minimum Gasteiger partial charge on any atom is -0.489 e. The lowest BCUT2D eigenvalue weighted by molar-refractivity contribution is 0.0449. The Kier molecular flexibility index (Phi) is 5.70. The van der Waals surface area contributed by atoms with E-state index in [9.17, 15) is 9.59 Å². The SMILES string of the molecule is CNc1snc(C)c1C(=O)OCCOc1ccccc1C(C)=O. The molecular formula is C16H18N2O4S. The third kappa shape index (κ3) is 4.07. The molecule has 1 heterocycles. The van der Waals surface area contributed by atoms with Gasteiger partial charge in [-0.25, -0.2) is 4.79 Å². The molecule has 0 radical (unpaired) electrons. The number of nitrogens with one attached hydrogen (secondary N) is 1. The number of aryl methyl sites for hydroxylation is 1. The number of carbonyl (C=O) groups is 2. The first-order valence-corrected chi connectivity index (χ1v) is 7.85. The van der Waals surface area contributed by atoms with E-state index in [1.807, 2.05) is 0 Å². The minimum atomic E-state index is -0.441. The van der Waals surface area contributed by atoms with Gasteiger partial charge < -0.3 is 14.8 Å². The van der Waals surface area contributed by atoms with Crippen LogP contribution in [0.15, 0.2) is 24.3 Å². The molecule has 0 amide bonds. The number of anilines is 1. The molecular weight excluding hydrogens is 316 g/mol. The molecule has 0 spiro atoms. The van der Waals surface area contributed by atoms with Crippen LogP contribution in [0.25, 0.3) is 0 Å². The van der Waals surface area contributed by atoms with Crippen molar-refractivity contribution in [3.8, 4) is 5.75 Å². The lowest BCUT2D eigenvalue weighted by Gasteiger charge is -2.10. The summed E-state index contributed by atoms with van der Waals surface area (Å²) in [6.07, 6.45) is 0. The lowest BCUT2D eigenvalue weighted by Crippen LogP contribution is -2.14. The maximum absolute atomic E-state index is 12.1. The Bertz CT molecular complexity index is 712. The summed E-state index contributed by atoms with van der Waals surface area (Å²) in [5.41, 5.74) is 1.59. The van der Waals surface area contributed by atoms with Crippen LogP contribution in [-0.4, -0.2) is 36.4 Å². The summed E-state index contributed by atoms with van der Waals surface area (Å²) >= 11 is 1.22. The van der Waals surface area contributed by atoms with Gasteiger partial charge in [0.1, 0.15) is 29.5 Å². The molecule has 0 fully saturated rings. The number of aromatic nitrogens is 1. The molecule has 2 rings (SSSR count). The zero-order chi connectivity index (χ0) is 16.8. The van der Waals surface area contributed by atoms with E-state index in [4.69, 9.17) is 9.47 Å². The summed E-state index contributed by atoms with van der Waals surface area (Å²) in [5.74, 6) is -0.0272. The van der Waals surface area contributed by atoms with Crippen LogP contribution in [0.1, 0.15) is 33.3 Å². The molecule has 2 aromatic rings. The van der Waals surface area contributed by atoms with E-state index in [0.29, 0.717) is 27.6 Å². The number of carbonyl (C=O) groups excluding carboxylic acids is 2. The molecule has 6 nitrogen and oxygen atoms in total. The fraction of sp³-hybridized carbons (Fsp3) is 0.312. The fourth-order valence-corrected chi connectivity index (χ4v) is 2.76. The zero-order valence-corrected chi connectivity index (χ0v) is 14.0. The Balaban J connectivity index is 1.90. The van der Waals surface area contributed by atoms with Crippen LogP contribution in [0, 0.1) is 6.92 Å². The van der Waals surface area contributed by atoms with Gasteiger partial charge in [0.05, 0.1) is 11.3 Å². The van der Waals surface area contributed by atoms with Crippen molar-refractivity contribution in [2.45, 2.75) is 13.8 Å². The van der Waals surface area contributed by atoms with Gasteiger partial charge in [0.2, 0.25) is 0 Å². The summed E-state index contributed by atoms with van der Waals surface area (Å²) in [7, 11) is 1.73. The Morgan fingerprint density at radius 2 is 2.00 bits per heavy atom. The summed E-state index contributed by atoms with van der Waals surface area (Å²) in [4.78, 5) is 23.6. The third-order valence-electron chi connectivity index (χ3n) is 3.13. The number of benzene rings is 1. The Morgan fingerprint density at radius 1 is 1.26 bits per heavy atom. The summed E-state index contributed by atoms with van der Waals surface area (Å²) in [6, 6.07) is 6.97. The van der Waals surface area contributed by atoms with Crippen molar-refractivity contribution >= 4 is 28.3 Å². The molecule has 0 bridgehead atoms. The molecule has 1 aromatic heterocycles. The van der Waals surface area contributed by atoms with E-state index >= 15 is 0 Å². The van der Waals surface area contributed by atoms with Gasteiger partial charge in [0.25, 0.3) is 0 Å². The molecule has 0 saturated heterocycles. The van der Waals surface area contributed by atoms with Gasteiger partial charge in [0.15, 0.2) is 5.78 Å². The number of esters is 1. The van der Waals surface area contributed by atoms with Crippen LogP contribution < -0.4 is 10.1 Å². The van der Waals surface area contributed by atoms with Crippen LogP contribution in [0.3, 0.4) is 0 Å². The molecule has 0 saturated carbocycles. The normalized spacial score (nSPS) is 10.2. The first kappa shape index (κ1) is 17.0. The minimum absolute atomic E-state index is 0.0729. The first-order valence-electron chi connectivity index (χ1n) is 7.08. The number of nitrogens with zero attached hydrogens (tertiary/aromatic N) is 1. The topological polar surface area (TPSA) is 77.5 Å². The predicted octanol–water partition coefficient (Wildman–Crippen LogP) is 2.93. The zero-order valence-electron chi connectivity index (χ0n) is 13.2. The Labute approximate surface area is 138 Å². The van der Waals surface area contributed by atoms with Crippen LogP contribution >= 0.6 is 11.5 Å². The number of rotatable bonds is 7. The van der Waals surface area contributed by atoms with E-state index in [1.165, 1.54) is 18.5 Å². The summed E-state index contributed by atoms with van der Waals surface area (Å²) < 4.78 is 14.9. The average Bonchev–Trinajstić information content (AvgIpc) is 2.92. The smallest absolute Gasteiger partial charge is 0.343 e. The number of Topliss-reactive ketones (excluding diaryl/α,β-unsaturated/α-hetero) is 1. The van der Waals surface area contributed by atoms with Crippen LogP contribution in [-0.2, 0) is 4.74 Å². The second-order valence-corrected chi connectivity index (χ2v) is 5.53. The van der Waals surface area contributed by atoms with Gasteiger partial charge in [0, 0.05) is 7.05 Å². The predicted molar refractivity (Wildman–Crippen MR) is 88.6 cm³/mol. The highest BCUT2D eigenvalue weighted by Crippen LogP contribution is 2.24. The summed E-state index contributed by atoms with van der Waals surface area (Å²) in [6.45, 7) is 3.49. The molecule has 23 heavy (non-hydrogen) atoms. The number of ether oxygens (including phenoxy) is 2. The molecule has 0 unspecified atom stereocenters. The van der Waals surface area contributed by atoms with Crippen molar-refractivity contribution < 1.29 is 19.1 Å². The van der Waals surface area contributed by atoms with Crippen LogP contribution in [0.2, 0.25) is 0 Å². The molecule has 7 heteroatoms. The molecule has 0 atom stereocenters. The second kappa shape index (κ2) is 7.73. The van der Waals surface area contributed by atoms with E-state index in [2.05, 4.69) is 9.69 Å². The van der Waals surface area contributed by atoms with E-state index in [-0.39, 0.29) is 19.0 Å². The molecule has 0 aliphatic heterocycles. The highest BCUT2D eigenvalue weighted by atomic mass is 32.1. The highest BCUT2D eigenvalue weighted by molar-refractivity contribution is 7.10. The Morgan fingerprint density at radius 3 is 2.70 bits per heavy atom. The van der Waals surface area contributed by atoms with Gasteiger partial charge in [-0.15, -0.1) is 0 Å². The third-order valence-corrected chi connectivity index (χ3v) is 4.09. The lowest BCUT2D eigenvalue weighted by atomic mass is 10.1. The largest absolute Gasteiger partial charge is 0.489 e. The standard InChI is InChI=1S/C16H18N2O4S/c1-10-14(15(17-3)23-18-10)16(20)22-9-8-21-13-7-5-4-6-12(13)11(2)19/h4-7,17H,8-9H2,1-3H3. The number of hydrogen-bond donors (Lipinski definition) is 1. The second-order valence-electron chi connectivity index (χ2n) is 4.76. The van der Waals surface area contributed by atoms with Crippen LogP contribution in [0.4, 0.5) is 5.00 Å². The molecule has 122 valence electrons. The van der Waals surface area contributed by atoms with E-state index in [0.717, 1.165) is 0 Å². The molecule has 1 N–H and O–H groups in total. The summed E-state index contributed by atoms with van der Waals surface area (Å²) in [5, 5.41) is 3.60. The van der Waals surface area contributed by atoms with Gasteiger partial charge in [-0.1, -0.05) is 12.1 Å². The van der Waals surface area contributed by atoms with Crippen molar-refractivity contribution in [1.82, 2.24) is 4.37 Å². The van der Waals surface area contributed by atoms with E-state index in [1.54, 1.807) is 38.2 Å². The van der Waals surface area contributed by atoms with Crippen molar-refractivity contribution in [3.63, 3.8) is 0 Å². The van der Waals surface area contributed by atoms with Gasteiger partial charge in [-0.2, -0.15) is 4.37 Å². The number of ketones is 1. The number of para-hydroxylation sites is 1. The maximum Gasteiger partial charge on any atom is 0.343 e. The molecule has 1 aromatic carbocycles. The van der Waals surface area contributed by atoms with E-state index < -0.39 is 5.97 Å². The van der Waals surface area contributed by atoms with Gasteiger partial charge in [-0.3, -0.25) is 4.79 Å². The molecule has 0 aliphatic rings. The average molecular weight is 334 g/mol. The van der Waals surface area contributed by atoms with Crippen LogP contribution in [0.5, 0.6) is 5.75 Å². The van der Waals surface area contributed by atoms with Crippen molar-refractivity contribution in [2.75, 3.05) is 25.6 Å². The monoisotopic (exact) mass is 334 g/mol. The number of hydrogen-bond acceptors (Lipinski definition) is 7. The quantitative estimate of drug-likeness (QED) is 0.476. The fourth-order valence-electron chi connectivity index (χ4n) is 2.02. The van der Waals surface area contributed by atoms with Gasteiger partial charge in [-0.05, 0) is 37.5 Å². The van der Waals surface area contributed by atoms with Crippen molar-refractivity contribution in [1.29, 1.82) is 0 Å². The van der Waals surface area contributed by atoms with Gasteiger partial charge >= 0.3 is 5.97 Å². The van der Waals surface area contributed by atoms with Crippen molar-refractivity contribution in [2.24, 2.45) is 0 Å². The molecule has 0 aliphatic carbocycles. The highest BCUT2D eigenvalue weighted by Gasteiger charge is 2.19. The van der Waals surface area contributed by atoms with Crippen molar-refractivity contribution in [3.05, 3.63) is 41.1 Å². The Hall–Kier alpha value is -2.41. The first-order chi connectivity index (χ1) is 11.0.